The van der Waals surface area contributed by atoms with E-state index >= 15 is 0 Å². The van der Waals surface area contributed by atoms with E-state index in [0.29, 0.717) is 203 Å². The molecule has 0 saturated carbocycles. The molecule has 4 aliphatic heterocycles. The number of hydrogen-bond donors (Lipinski definition) is 5. The molecule has 0 spiro atoms. The number of carbonyl (C=O) groups excluding carboxylic acids is 3. The van der Waals surface area contributed by atoms with Crippen molar-refractivity contribution in [1.29, 1.82) is 0 Å². The third-order valence-electron chi connectivity index (χ3n) is 25.4. The first kappa shape index (κ1) is 116. The zero-order chi connectivity index (χ0) is 109. The molecule has 16 rings (SSSR count). The van der Waals surface area contributed by atoms with E-state index in [1.54, 1.807) is 113 Å². The van der Waals surface area contributed by atoms with Gasteiger partial charge in [0.2, 0.25) is 36.0 Å². The summed E-state index contributed by atoms with van der Waals surface area (Å²) >= 11 is 52.7. The van der Waals surface area contributed by atoms with Crippen LogP contribution in [0.15, 0.2) is 135 Å². The average Bonchev–Trinajstić information content (AvgIpc) is 1.59. The number of sulfonamides is 3. The Morgan fingerprint density at radius 3 is 0.900 bits per heavy atom. The fraction of sp³-hybridized carbons (Fsp3) is 0.413. The Hall–Kier alpha value is -10.8. The lowest BCUT2D eigenvalue weighted by Crippen LogP contribution is -2.45. The molecule has 6 N–H and O–H groups in total. The summed E-state index contributed by atoms with van der Waals surface area (Å²) in [6.07, 6.45) is 16.1. The van der Waals surface area contributed by atoms with Gasteiger partial charge in [0.05, 0.1) is 138 Å². The first-order valence-corrected chi connectivity index (χ1v) is 56.3. The van der Waals surface area contributed by atoms with E-state index in [0.717, 1.165) is 104 Å². The van der Waals surface area contributed by atoms with Crippen LogP contribution in [0.4, 0.5) is 9.59 Å². The summed E-state index contributed by atoms with van der Waals surface area (Å²) in [5.74, 6) is 6.77. The first-order valence-electron chi connectivity index (χ1n) is 47.6. The molecule has 0 radical (unpaired) electrons. The molecule has 150 heavy (non-hydrogen) atoms. The van der Waals surface area contributed by atoms with Gasteiger partial charge >= 0.3 is 12.2 Å². The summed E-state index contributed by atoms with van der Waals surface area (Å²) in [7, 11) is 2.27. The number of likely N-dealkylation sites (tertiary alicyclic amines) is 3. The van der Waals surface area contributed by atoms with Gasteiger partial charge in [-0.05, 0) is 174 Å². The highest BCUT2D eigenvalue weighted by Crippen LogP contribution is 2.52. The minimum atomic E-state index is -3.42. The summed E-state index contributed by atoms with van der Waals surface area (Å²) in [6, 6.07) is 28.9. The van der Waals surface area contributed by atoms with E-state index < -0.39 is 47.4 Å². The van der Waals surface area contributed by atoms with Gasteiger partial charge in [-0.15, -0.1) is 0 Å². The molecule has 0 bridgehead atoms. The molecule has 4 aliphatic rings. The summed E-state index contributed by atoms with van der Waals surface area (Å²) in [5, 5.41) is 9.72. The number of ether oxygens (including phenoxy) is 10. The molecule has 8 heterocycles. The summed E-state index contributed by atoms with van der Waals surface area (Å²) in [5.41, 5.74) is 13.3. The van der Waals surface area contributed by atoms with E-state index in [2.05, 4.69) is 46.0 Å². The number of methoxy groups -OCH3 is 8. The van der Waals surface area contributed by atoms with Crippen molar-refractivity contribution >= 4 is 185 Å². The number of nitrogens with one attached hydrogen (secondary N) is 4. The number of benzene rings is 8. The lowest BCUT2D eigenvalue weighted by Gasteiger charge is -2.28. The second-order valence-electron chi connectivity index (χ2n) is 38.7. The highest BCUT2D eigenvalue weighted by molar-refractivity contribution is 7.89. The third-order valence-corrected chi connectivity index (χ3v) is 30.5. The molecule has 12 aromatic rings. The van der Waals surface area contributed by atoms with Gasteiger partial charge in [0, 0.05) is 189 Å². The van der Waals surface area contributed by atoms with Gasteiger partial charge in [0.1, 0.15) is 80.5 Å². The van der Waals surface area contributed by atoms with Crippen LogP contribution in [0.1, 0.15) is 90.5 Å². The number of aromatic nitrogens is 8. The van der Waals surface area contributed by atoms with Crippen LogP contribution in [-0.2, 0) is 70.0 Å². The monoisotopic (exact) mass is 2270 g/mol. The second-order valence-corrected chi connectivity index (χ2v) is 47.2. The van der Waals surface area contributed by atoms with Crippen molar-refractivity contribution in [2.45, 2.75) is 128 Å². The third kappa shape index (κ3) is 29.4. The quantitative estimate of drug-likeness (QED) is 0.0252. The van der Waals surface area contributed by atoms with E-state index in [1.165, 1.54) is 40.8 Å². The van der Waals surface area contributed by atoms with Gasteiger partial charge in [-0.1, -0.05) is 124 Å². The average molecular weight is 2280 g/mol. The molecule has 3 amide bonds. The van der Waals surface area contributed by atoms with Crippen molar-refractivity contribution in [2.24, 2.45) is 29.4 Å². The van der Waals surface area contributed by atoms with Gasteiger partial charge < -0.3 is 73.1 Å². The highest BCUT2D eigenvalue weighted by Gasteiger charge is 2.42. The van der Waals surface area contributed by atoms with Crippen molar-refractivity contribution in [1.82, 2.24) is 74.1 Å². The van der Waals surface area contributed by atoms with Crippen LogP contribution in [0.2, 0.25) is 40.2 Å². The van der Waals surface area contributed by atoms with Gasteiger partial charge in [-0.3, -0.25) is 4.79 Å². The molecule has 8 atom stereocenters. The largest absolute Gasteiger partial charge is 0.495 e. The zero-order valence-electron chi connectivity index (χ0n) is 85.8. The standard InChI is InChI=1S/C28H34Cl2N4O6S.C27H32Cl2N4O4.C26H28Cl2N4O5S.C23H26Cl2N4O4S/c1-28(2,3)40-27(35)34-15-16(9-19(34)14-32-41(6,36)37)10-23-31-13-18-11-17(7-8-20(18)33-23)24-25(29)21(38-4)12-22(39-5)26(24)30;1-27(2,3)37-26(34)33-14-15(8-18(33)12-30)9-22-31-13-17-10-16(6-7-19(17)32-22)23-24(28)20(35-4)11-21(36-5)25(23)29;1-5-23(33)32-14-15(8-18(32)13-30-38(4,34)35)9-22-29-12-17-10-16(6-7-19(17)31-22)24-25(27)20(36-2)11-21(37-3)26(24)28;1-32-18-9-19(33-2)23(25)21(22(18)24)14-4-5-17-15(8-14)11-27-20(29-17)7-13-6-16(26-10-13)12-28-34(3,30)31/h7-8,11-13,16,19,32H,9-10,14-15H2,1-6H3;6-7,10-11,13,15,18H,8-9,12,14,30H2,1-5H3;5-7,10-12,15,18,30H,1,8-9,13-14H2,2-4H3;4-5,8-9,11,13,16,26,28H,6-7,10,12H2,1-3H3/t16-,19+;2*15-,18+;13-,16+/m1111/s1. The second kappa shape index (κ2) is 50.0. The summed E-state index contributed by atoms with van der Waals surface area (Å²) < 4.78 is 131. The number of hydrogen-bond acceptors (Lipinski definition) is 29. The van der Waals surface area contributed by atoms with Gasteiger partial charge in [0.25, 0.3) is 0 Å². The highest BCUT2D eigenvalue weighted by atomic mass is 35.5. The Morgan fingerprint density at radius 1 is 0.387 bits per heavy atom. The molecule has 8 aromatic carbocycles. The maximum atomic E-state index is 12.9. The number of fused-ring (bicyclic) bond motifs is 4. The smallest absolute Gasteiger partial charge is 0.410 e. The van der Waals surface area contributed by atoms with E-state index in [9.17, 15) is 39.6 Å². The predicted octanol–water partition coefficient (Wildman–Crippen LogP) is 18.9. The van der Waals surface area contributed by atoms with Crippen molar-refractivity contribution in [2.75, 3.05) is 128 Å². The van der Waals surface area contributed by atoms with Crippen LogP contribution in [0.3, 0.4) is 0 Å². The SMILES string of the molecule is C=CC(=O)N1C[C@@H](Cc2ncc3cc(-c4c(Cl)c(OC)cc(OC)c4Cl)ccc3n2)C[C@H]1CNS(C)(=O)=O.COc1cc(OC)c(Cl)c(-c2ccc3nc(C[C@@H]4CN[C@H](CNS(C)(=O)=O)C4)ncc3c2)c1Cl.COc1cc(OC)c(Cl)c(-c2ccc3nc(C[C@H]4C[C@@H](CN)N(C(=O)OC(C)(C)C)C4)ncc3c2)c1Cl.COc1cc(OC)c(Cl)c(-c2ccc3nc(C[C@H]4C[C@@H](CNS(C)(=O)=O)N(C(=O)OC(C)(C)C)C4)ncc3c2)c1Cl. The van der Waals surface area contributed by atoms with Crippen LogP contribution in [-0.4, -0.2) is 261 Å². The number of nitrogens with two attached hydrogens (primary N) is 1. The summed E-state index contributed by atoms with van der Waals surface area (Å²) in [4.78, 5) is 80.2. The van der Waals surface area contributed by atoms with Crippen molar-refractivity contribution in [3.8, 4) is 90.5 Å². The Bertz CT molecular complexity index is 7300. The minimum absolute atomic E-state index is 0.0208. The van der Waals surface area contributed by atoms with Crippen molar-refractivity contribution < 1.29 is 87.0 Å². The molecule has 35 nitrogen and oxygen atoms in total. The normalized spacial score (nSPS) is 17.8. The molecular weight excluding hydrogens is 2160 g/mol. The Morgan fingerprint density at radius 2 is 0.640 bits per heavy atom. The predicted molar refractivity (Wildman–Crippen MR) is 588 cm³/mol. The van der Waals surface area contributed by atoms with Crippen LogP contribution >= 0.6 is 92.8 Å². The first-order chi connectivity index (χ1) is 70.9. The number of amides is 3. The van der Waals surface area contributed by atoms with Crippen molar-refractivity contribution in [3.05, 3.63) is 198 Å². The lowest BCUT2D eigenvalue weighted by molar-refractivity contribution is -0.126. The molecule has 804 valence electrons. The van der Waals surface area contributed by atoms with E-state index in [-0.39, 0.29) is 67.0 Å². The molecule has 46 heteroatoms. The molecule has 4 fully saturated rings. The minimum Gasteiger partial charge on any atom is -0.495 e. The van der Waals surface area contributed by atoms with Gasteiger partial charge in [0.15, 0.2) is 0 Å². The van der Waals surface area contributed by atoms with Gasteiger partial charge in [-0.2, -0.15) is 0 Å². The van der Waals surface area contributed by atoms with Crippen LogP contribution in [0, 0.1) is 23.7 Å². The molecular formula is C104H120Cl8N16O19S3. The fourth-order valence-corrected chi connectivity index (χ4v) is 22.8. The Labute approximate surface area is 912 Å². The number of nitrogens with zero attached hydrogens (tertiary/aromatic N) is 11. The van der Waals surface area contributed by atoms with Crippen LogP contribution in [0.5, 0.6) is 46.0 Å². The van der Waals surface area contributed by atoms with E-state index in [4.69, 9.17) is 166 Å². The van der Waals surface area contributed by atoms with Crippen LogP contribution < -0.4 is 63.1 Å². The molecule has 0 unspecified atom stereocenters. The lowest BCUT2D eigenvalue weighted by atomic mass is 10.0. The van der Waals surface area contributed by atoms with Crippen molar-refractivity contribution in [3.63, 3.8) is 0 Å². The van der Waals surface area contributed by atoms with E-state index in [1.807, 2.05) is 93.6 Å². The number of halogens is 8. The maximum Gasteiger partial charge on any atom is 0.410 e. The number of carbonyl (C=O) groups is 3. The topological polar surface area (TPSA) is 433 Å². The summed E-state index contributed by atoms with van der Waals surface area (Å²) in [6.45, 7) is 17.8. The Kier molecular flexibility index (Phi) is 38.8. The Balaban J connectivity index is 0.000000167. The molecule has 4 saturated heterocycles. The zero-order valence-corrected chi connectivity index (χ0v) is 94.3. The van der Waals surface area contributed by atoms with Crippen LogP contribution in [0.25, 0.3) is 88.1 Å². The number of rotatable bonds is 31. The fourth-order valence-electron chi connectivity index (χ4n) is 18.4. The van der Waals surface area contributed by atoms with Gasteiger partial charge in [-0.25, -0.2) is 88.9 Å². The maximum absolute atomic E-state index is 12.9. The molecule has 4 aromatic heterocycles. The molecule has 0 aliphatic carbocycles.